The Morgan fingerprint density at radius 3 is 2.24 bits per heavy atom. The molecule has 3 aromatic carbocycles. The average molecular weight is 449 g/mol. The fourth-order valence-electron chi connectivity index (χ4n) is 2.57. The molecule has 0 saturated carbocycles. The molecule has 0 bridgehead atoms. The van der Waals surface area contributed by atoms with Crippen LogP contribution in [0.1, 0.15) is 21.5 Å². The van der Waals surface area contributed by atoms with Gasteiger partial charge in [0.1, 0.15) is 4.90 Å². The van der Waals surface area contributed by atoms with Crippen molar-refractivity contribution in [2.45, 2.75) is 18.4 Å². The second-order valence-corrected chi connectivity index (χ2v) is 8.92. The van der Waals surface area contributed by atoms with E-state index in [0.717, 1.165) is 11.1 Å². The lowest BCUT2D eigenvalue weighted by atomic mass is 10.2. The lowest BCUT2D eigenvalue weighted by molar-refractivity contribution is 0.0950. The number of carbonyl (C=O) groups is 1. The first-order valence-electron chi connectivity index (χ1n) is 8.66. The van der Waals surface area contributed by atoms with Crippen LogP contribution in [0.15, 0.2) is 71.6 Å². The highest BCUT2D eigenvalue weighted by Gasteiger charge is 2.20. The molecule has 0 aliphatic rings. The molecule has 0 aliphatic heterocycles. The standard InChI is InChI=1S/C21H18Cl2N2O3S/c1-14-2-9-18(10-3-14)25-29(27,28)20-12-16(6-11-19(20)23)21(26)24-13-15-4-7-17(22)8-5-15/h2-12,25H,13H2,1H3,(H,24,26). The molecule has 0 spiro atoms. The summed E-state index contributed by atoms with van der Waals surface area (Å²) in [6.45, 7) is 2.18. The number of sulfonamides is 1. The van der Waals surface area contributed by atoms with Crippen molar-refractivity contribution in [2.24, 2.45) is 0 Å². The van der Waals surface area contributed by atoms with Gasteiger partial charge in [-0.2, -0.15) is 0 Å². The van der Waals surface area contributed by atoms with Crippen LogP contribution in [0.4, 0.5) is 5.69 Å². The zero-order chi connectivity index (χ0) is 21.0. The predicted molar refractivity (Wildman–Crippen MR) is 116 cm³/mol. The van der Waals surface area contributed by atoms with Crippen molar-refractivity contribution in [3.8, 4) is 0 Å². The zero-order valence-electron chi connectivity index (χ0n) is 15.4. The third-order valence-electron chi connectivity index (χ3n) is 4.15. The number of amides is 1. The smallest absolute Gasteiger partial charge is 0.263 e. The molecular formula is C21H18Cl2N2O3S. The Bertz CT molecular complexity index is 1130. The van der Waals surface area contributed by atoms with Gasteiger partial charge in [0.15, 0.2) is 0 Å². The highest BCUT2D eigenvalue weighted by Crippen LogP contribution is 2.25. The third-order valence-corrected chi connectivity index (χ3v) is 6.27. The van der Waals surface area contributed by atoms with Crippen molar-refractivity contribution < 1.29 is 13.2 Å². The van der Waals surface area contributed by atoms with Crippen molar-refractivity contribution in [1.29, 1.82) is 0 Å². The number of anilines is 1. The third kappa shape index (κ3) is 5.50. The van der Waals surface area contributed by atoms with Crippen LogP contribution < -0.4 is 10.0 Å². The summed E-state index contributed by atoms with van der Waals surface area (Å²) < 4.78 is 28.0. The number of aryl methyl sites for hydroxylation is 1. The van der Waals surface area contributed by atoms with Gasteiger partial charge in [-0.15, -0.1) is 0 Å². The van der Waals surface area contributed by atoms with E-state index in [4.69, 9.17) is 23.2 Å². The second-order valence-electron chi connectivity index (χ2n) is 6.43. The van der Waals surface area contributed by atoms with Crippen molar-refractivity contribution in [3.05, 3.63) is 93.5 Å². The minimum Gasteiger partial charge on any atom is -0.348 e. The molecule has 0 atom stereocenters. The molecule has 8 heteroatoms. The summed E-state index contributed by atoms with van der Waals surface area (Å²) >= 11 is 11.9. The zero-order valence-corrected chi connectivity index (χ0v) is 17.8. The topological polar surface area (TPSA) is 75.3 Å². The van der Waals surface area contributed by atoms with Gasteiger partial charge in [0.25, 0.3) is 15.9 Å². The molecule has 1 amide bonds. The molecule has 3 rings (SSSR count). The Labute approximate surface area is 179 Å². The van der Waals surface area contributed by atoms with Gasteiger partial charge in [0.05, 0.1) is 5.02 Å². The SMILES string of the molecule is Cc1ccc(NS(=O)(=O)c2cc(C(=O)NCc3ccc(Cl)cc3)ccc2Cl)cc1. The van der Waals surface area contributed by atoms with E-state index in [1.54, 1.807) is 48.5 Å². The number of halogens is 2. The normalized spacial score (nSPS) is 11.1. The lowest BCUT2D eigenvalue weighted by Crippen LogP contribution is -2.23. The highest BCUT2D eigenvalue weighted by atomic mass is 35.5. The molecule has 0 saturated heterocycles. The summed E-state index contributed by atoms with van der Waals surface area (Å²) in [5, 5.41) is 3.38. The van der Waals surface area contributed by atoms with Crippen molar-refractivity contribution >= 4 is 44.8 Å². The number of carbonyl (C=O) groups excluding carboxylic acids is 1. The highest BCUT2D eigenvalue weighted by molar-refractivity contribution is 7.92. The van der Waals surface area contributed by atoms with Gasteiger partial charge >= 0.3 is 0 Å². The Kier molecular flexibility index (Phi) is 6.47. The molecule has 150 valence electrons. The van der Waals surface area contributed by atoms with Crippen LogP contribution in [-0.2, 0) is 16.6 Å². The van der Waals surface area contributed by atoms with Crippen molar-refractivity contribution in [1.82, 2.24) is 5.32 Å². The molecule has 0 fully saturated rings. The first kappa shape index (κ1) is 21.2. The van der Waals surface area contributed by atoms with Crippen molar-refractivity contribution in [3.63, 3.8) is 0 Å². The van der Waals surface area contributed by atoms with Crippen LogP contribution in [0, 0.1) is 6.92 Å². The van der Waals surface area contributed by atoms with Gasteiger partial charge in [0.2, 0.25) is 0 Å². The molecule has 0 aromatic heterocycles. The summed E-state index contributed by atoms with van der Waals surface area (Å²) in [4.78, 5) is 12.3. The van der Waals surface area contributed by atoms with Crippen LogP contribution in [0.5, 0.6) is 0 Å². The van der Waals surface area contributed by atoms with E-state index < -0.39 is 15.9 Å². The van der Waals surface area contributed by atoms with Gasteiger partial charge in [0, 0.05) is 22.8 Å². The molecule has 2 N–H and O–H groups in total. The quantitative estimate of drug-likeness (QED) is 0.554. The molecule has 5 nitrogen and oxygen atoms in total. The summed E-state index contributed by atoms with van der Waals surface area (Å²) in [5.74, 6) is -0.414. The number of hydrogen-bond donors (Lipinski definition) is 2. The molecule has 0 heterocycles. The van der Waals surface area contributed by atoms with Crippen LogP contribution >= 0.6 is 23.2 Å². The first-order valence-corrected chi connectivity index (χ1v) is 10.9. The predicted octanol–water partition coefficient (Wildman–Crippen LogP) is 5.03. The minimum atomic E-state index is -3.96. The fourth-order valence-corrected chi connectivity index (χ4v) is 4.28. The van der Waals surface area contributed by atoms with Crippen LogP contribution in [0.2, 0.25) is 10.0 Å². The largest absolute Gasteiger partial charge is 0.348 e. The van der Waals surface area contributed by atoms with E-state index in [1.165, 1.54) is 18.2 Å². The molecule has 0 aliphatic carbocycles. The summed E-state index contributed by atoms with van der Waals surface area (Å²) in [6, 6.07) is 18.1. The lowest BCUT2D eigenvalue weighted by Gasteiger charge is -2.12. The monoisotopic (exact) mass is 448 g/mol. The maximum Gasteiger partial charge on any atom is 0.263 e. The van der Waals surface area contributed by atoms with E-state index in [0.29, 0.717) is 10.7 Å². The summed E-state index contributed by atoms with van der Waals surface area (Å²) in [7, 11) is -3.96. The second kappa shape index (κ2) is 8.86. The summed E-state index contributed by atoms with van der Waals surface area (Å²) in [6.07, 6.45) is 0. The Morgan fingerprint density at radius 2 is 1.59 bits per heavy atom. The molecular weight excluding hydrogens is 431 g/mol. The van der Waals surface area contributed by atoms with Gasteiger partial charge in [-0.1, -0.05) is 53.0 Å². The van der Waals surface area contributed by atoms with E-state index in [9.17, 15) is 13.2 Å². The van der Waals surface area contributed by atoms with Crippen LogP contribution in [0.25, 0.3) is 0 Å². The van der Waals surface area contributed by atoms with Crippen LogP contribution in [-0.4, -0.2) is 14.3 Å². The van der Waals surface area contributed by atoms with E-state index in [1.807, 2.05) is 6.92 Å². The maximum absolute atomic E-state index is 12.8. The van der Waals surface area contributed by atoms with Gasteiger partial charge in [-0.3, -0.25) is 9.52 Å². The molecule has 0 unspecified atom stereocenters. The molecule has 29 heavy (non-hydrogen) atoms. The van der Waals surface area contributed by atoms with E-state index in [-0.39, 0.29) is 22.0 Å². The Hall–Kier alpha value is -2.54. The first-order chi connectivity index (χ1) is 13.7. The van der Waals surface area contributed by atoms with E-state index >= 15 is 0 Å². The molecule has 0 radical (unpaired) electrons. The number of benzene rings is 3. The Balaban J connectivity index is 1.78. The van der Waals surface area contributed by atoms with Gasteiger partial charge < -0.3 is 5.32 Å². The minimum absolute atomic E-state index is 0.0267. The van der Waals surface area contributed by atoms with Gasteiger partial charge in [-0.25, -0.2) is 8.42 Å². The number of rotatable bonds is 6. The summed E-state index contributed by atoms with van der Waals surface area (Å²) in [5.41, 5.74) is 2.47. The van der Waals surface area contributed by atoms with Gasteiger partial charge in [-0.05, 0) is 55.0 Å². The van der Waals surface area contributed by atoms with Crippen LogP contribution in [0.3, 0.4) is 0 Å². The number of hydrogen-bond acceptors (Lipinski definition) is 3. The Morgan fingerprint density at radius 1 is 0.931 bits per heavy atom. The fraction of sp³-hybridized carbons (Fsp3) is 0.0952. The average Bonchev–Trinajstić information content (AvgIpc) is 2.69. The molecule has 3 aromatic rings. The maximum atomic E-state index is 12.8. The number of nitrogens with one attached hydrogen (secondary N) is 2. The van der Waals surface area contributed by atoms with Crippen molar-refractivity contribution in [2.75, 3.05) is 4.72 Å². The van der Waals surface area contributed by atoms with E-state index in [2.05, 4.69) is 10.0 Å².